The molecule has 0 aliphatic carbocycles. The molecule has 0 radical (unpaired) electrons. The summed E-state index contributed by atoms with van der Waals surface area (Å²) in [5.74, 6) is -0.777. The van der Waals surface area contributed by atoms with Crippen molar-refractivity contribution in [3.63, 3.8) is 0 Å². The zero-order valence-electron chi connectivity index (χ0n) is 12.8. The standard InChI is InChI=1S/C15H29NO3/c1-5-7-8-9-11-13(17)12-16(3,4)14(10-6-2)15(18)19/h8-9,13-14,17H,5-7,10-12H2,1-4H3/p+1/b9-8+. The molecule has 0 fully saturated rings. The average Bonchev–Trinajstić information content (AvgIpc) is 2.30. The van der Waals surface area contributed by atoms with E-state index in [1.165, 1.54) is 0 Å². The molecule has 0 aromatic heterocycles. The first kappa shape index (κ1) is 18.1. The minimum absolute atomic E-state index is 0.325. The van der Waals surface area contributed by atoms with Crippen LogP contribution in [0.4, 0.5) is 0 Å². The number of carboxylic acid groups (broad SMARTS) is 1. The van der Waals surface area contributed by atoms with Crippen LogP contribution in [-0.2, 0) is 4.79 Å². The lowest BCUT2D eigenvalue weighted by molar-refractivity contribution is -0.909. The summed E-state index contributed by atoms with van der Waals surface area (Å²) in [6, 6.07) is -0.445. The van der Waals surface area contributed by atoms with Gasteiger partial charge >= 0.3 is 5.97 Å². The summed E-state index contributed by atoms with van der Waals surface area (Å²) in [7, 11) is 3.76. The van der Waals surface area contributed by atoms with Crippen molar-refractivity contribution in [3.05, 3.63) is 12.2 Å². The minimum atomic E-state index is -0.777. The first-order valence-corrected chi connectivity index (χ1v) is 7.23. The van der Waals surface area contributed by atoms with E-state index in [9.17, 15) is 15.0 Å². The van der Waals surface area contributed by atoms with Crippen molar-refractivity contribution >= 4 is 5.97 Å². The number of aliphatic carboxylic acids is 1. The van der Waals surface area contributed by atoms with Gasteiger partial charge in [0.05, 0.1) is 14.1 Å². The second-order valence-electron chi connectivity index (χ2n) is 5.75. The van der Waals surface area contributed by atoms with E-state index in [-0.39, 0.29) is 0 Å². The summed E-state index contributed by atoms with van der Waals surface area (Å²) in [6.45, 7) is 4.57. The van der Waals surface area contributed by atoms with Crippen LogP contribution in [0.15, 0.2) is 12.2 Å². The molecule has 2 atom stereocenters. The van der Waals surface area contributed by atoms with E-state index >= 15 is 0 Å². The van der Waals surface area contributed by atoms with Crippen molar-refractivity contribution in [1.29, 1.82) is 0 Å². The number of nitrogens with zero attached hydrogens (tertiary/aromatic N) is 1. The smallest absolute Gasteiger partial charge is 0.362 e. The number of unbranched alkanes of at least 4 members (excludes halogenated alkanes) is 1. The second-order valence-corrected chi connectivity index (χ2v) is 5.75. The lowest BCUT2D eigenvalue weighted by atomic mass is 10.1. The van der Waals surface area contributed by atoms with E-state index in [4.69, 9.17) is 0 Å². The Labute approximate surface area is 117 Å². The lowest BCUT2D eigenvalue weighted by Crippen LogP contribution is -2.56. The number of hydrogen-bond acceptors (Lipinski definition) is 2. The molecule has 0 saturated heterocycles. The van der Waals surface area contributed by atoms with Gasteiger partial charge in [-0.1, -0.05) is 32.4 Å². The van der Waals surface area contributed by atoms with E-state index in [1.807, 2.05) is 27.1 Å². The highest BCUT2D eigenvalue weighted by molar-refractivity contribution is 5.72. The molecular formula is C15H30NO3+. The molecule has 0 aromatic carbocycles. The molecule has 0 saturated carbocycles. The summed E-state index contributed by atoms with van der Waals surface area (Å²) in [6.07, 6.45) is 7.78. The van der Waals surface area contributed by atoms with E-state index < -0.39 is 18.1 Å². The number of aliphatic hydroxyl groups excluding tert-OH is 1. The molecule has 2 unspecified atom stereocenters. The van der Waals surface area contributed by atoms with Gasteiger partial charge in [0.2, 0.25) is 0 Å². The first-order chi connectivity index (χ1) is 8.85. The summed E-state index contributed by atoms with van der Waals surface area (Å²) in [5, 5.41) is 19.3. The van der Waals surface area contributed by atoms with Gasteiger partial charge in [-0.15, -0.1) is 0 Å². The fourth-order valence-corrected chi connectivity index (χ4v) is 2.33. The zero-order chi connectivity index (χ0) is 14.9. The van der Waals surface area contributed by atoms with E-state index in [0.29, 0.717) is 23.9 Å². The van der Waals surface area contributed by atoms with Gasteiger partial charge < -0.3 is 14.7 Å². The van der Waals surface area contributed by atoms with Gasteiger partial charge in [0.15, 0.2) is 6.04 Å². The van der Waals surface area contributed by atoms with Gasteiger partial charge in [0, 0.05) is 6.42 Å². The molecule has 0 rings (SSSR count). The molecule has 0 aliphatic rings. The zero-order valence-corrected chi connectivity index (χ0v) is 12.8. The molecule has 4 nitrogen and oxygen atoms in total. The quantitative estimate of drug-likeness (QED) is 0.474. The predicted octanol–water partition coefficient (Wildman–Crippen LogP) is 2.42. The highest BCUT2D eigenvalue weighted by Crippen LogP contribution is 2.15. The summed E-state index contributed by atoms with van der Waals surface area (Å²) >= 11 is 0. The van der Waals surface area contributed by atoms with Crippen molar-refractivity contribution in [2.75, 3.05) is 20.6 Å². The predicted molar refractivity (Wildman–Crippen MR) is 78.0 cm³/mol. The molecule has 0 aromatic rings. The monoisotopic (exact) mass is 272 g/mol. The number of carboxylic acids is 1. The molecule has 0 aliphatic heterocycles. The molecular weight excluding hydrogens is 242 g/mol. The molecule has 19 heavy (non-hydrogen) atoms. The van der Waals surface area contributed by atoms with Crippen molar-refractivity contribution in [2.45, 2.75) is 58.1 Å². The highest BCUT2D eigenvalue weighted by Gasteiger charge is 2.35. The van der Waals surface area contributed by atoms with Crippen LogP contribution in [-0.4, -0.2) is 53.5 Å². The van der Waals surface area contributed by atoms with Gasteiger partial charge in [-0.2, -0.15) is 0 Å². The number of hydrogen-bond donors (Lipinski definition) is 2. The molecule has 0 bridgehead atoms. The molecule has 112 valence electrons. The number of aliphatic hydroxyl groups is 1. The largest absolute Gasteiger partial charge is 0.477 e. The molecule has 4 heteroatoms. The normalized spacial score (nSPS) is 15.6. The lowest BCUT2D eigenvalue weighted by Gasteiger charge is -2.36. The van der Waals surface area contributed by atoms with Crippen molar-refractivity contribution in [2.24, 2.45) is 0 Å². The van der Waals surface area contributed by atoms with Gasteiger partial charge in [-0.3, -0.25) is 0 Å². The first-order valence-electron chi connectivity index (χ1n) is 7.23. The number of likely N-dealkylation sites (N-methyl/N-ethyl adjacent to an activating group) is 1. The fraction of sp³-hybridized carbons (Fsp3) is 0.800. The Bertz CT molecular complexity index is 287. The molecule has 0 amide bonds. The van der Waals surface area contributed by atoms with Crippen LogP contribution in [0, 0.1) is 0 Å². The number of allylic oxidation sites excluding steroid dienone is 1. The minimum Gasteiger partial charge on any atom is -0.477 e. The molecule has 0 spiro atoms. The Morgan fingerprint density at radius 1 is 1.21 bits per heavy atom. The van der Waals surface area contributed by atoms with Gasteiger partial charge in [-0.05, 0) is 19.3 Å². The van der Waals surface area contributed by atoms with E-state index in [0.717, 1.165) is 19.3 Å². The average molecular weight is 272 g/mol. The van der Waals surface area contributed by atoms with Gasteiger partial charge in [0.1, 0.15) is 12.6 Å². The van der Waals surface area contributed by atoms with Gasteiger partial charge in [0.25, 0.3) is 0 Å². The Morgan fingerprint density at radius 3 is 2.32 bits per heavy atom. The Morgan fingerprint density at radius 2 is 1.84 bits per heavy atom. The third-order valence-electron chi connectivity index (χ3n) is 3.40. The maximum atomic E-state index is 11.3. The van der Waals surface area contributed by atoms with E-state index in [1.54, 1.807) is 0 Å². The van der Waals surface area contributed by atoms with Crippen LogP contribution >= 0.6 is 0 Å². The van der Waals surface area contributed by atoms with Crippen LogP contribution < -0.4 is 0 Å². The van der Waals surface area contributed by atoms with Crippen LogP contribution in [0.2, 0.25) is 0 Å². The summed E-state index contributed by atoms with van der Waals surface area (Å²) in [5.41, 5.74) is 0. The SMILES string of the molecule is CCC/C=C/CC(O)C[N+](C)(C)C(CCC)C(=O)O. The maximum Gasteiger partial charge on any atom is 0.362 e. The van der Waals surface area contributed by atoms with Gasteiger partial charge in [-0.25, -0.2) is 4.79 Å². The topological polar surface area (TPSA) is 57.5 Å². The maximum absolute atomic E-state index is 11.3. The Kier molecular flexibility index (Phi) is 8.68. The highest BCUT2D eigenvalue weighted by atomic mass is 16.4. The van der Waals surface area contributed by atoms with Crippen LogP contribution in [0.5, 0.6) is 0 Å². The molecule has 0 heterocycles. The summed E-state index contributed by atoms with van der Waals surface area (Å²) in [4.78, 5) is 11.3. The number of quaternary nitrogens is 1. The third-order valence-corrected chi connectivity index (χ3v) is 3.40. The summed E-state index contributed by atoms with van der Waals surface area (Å²) < 4.78 is 0.325. The number of rotatable bonds is 10. The number of carbonyl (C=O) groups is 1. The van der Waals surface area contributed by atoms with Crippen molar-refractivity contribution < 1.29 is 19.5 Å². The van der Waals surface area contributed by atoms with Crippen molar-refractivity contribution in [1.82, 2.24) is 0 Å². The van der Waals surface area contributed by atoms with Crippen LogP contribution in [0.25, 0.3) is 0 Å². The Balaban J connectivity index is 4.42. The van der Waals surface area contributed by atoms with Crippen LogP contribution in [0.1, 0.15) is 46.0 Å². The van der Waals surface area contributed by atoms with Crippen LogP contribution in [0.3, 0.4) is 0 Å². The molecule has 2 N–H and O–H groups in total. The second kappa shape index (κ2) is 9.10. The fourth-order valence-electron chi connectivity index (χ4n) is 2.33. The Hall–Kier alpha value is -0.870. The van der Waals surface area contributed by atoms with E-state index in [2.05, 4.69) is 13.0 Å². The van der Waals surface area contributed by atoms with Crippen molar-refractivity contribution in [3.8, 4) is 0 Å². The third kappa shape index (κ3) is 7.33.